The summed E-state index contributed by atoms with van der Waals surface area (Å²) < 4.78 is 27.5. The Labute approximate surface area is 171 Å². The summed E-state index contributed by atoms with van der Waals surface area (Å²) in [7, 11) is -2.73. The van der Waals surface area contributed by atoms with Crippen molar-refractivity contribution in [2.45, 2.75) is 103 Å². The van der Waals surface area contributed by atoms with E-state index in [0.29, 0.717) is 13.0 Å². The van der Waals surface area contributed by atoms with Gasteiger partial charge < -0.3 is 4.74 Å². The molecule has 0 aliphatic heterocycles. The first-order valence-corrected chi connectivity index (χ1v) is 10.7. The molecule has 0 aliphatic carbocycles. The quantitative estimate of drug-likeness (QED) is 0.155. The maximum atomic E-state index is 11.8. The van der Waals surface area contributed by atoms with Crippen LogP contribution in [0.15, 0.2) is 0 Å². The maximum absolute atomic E-state index is 11.8. The molecule has 4 nitrogen and oxygen atoms in total. The molecule has 138 valence electrons. The second-order valence-electron chi connectivity index (χ2n) is 6.29. The number of carbonyl (C=O) groups excluding carboxylic acids is 1. The van der Waals surface area contributed by atoms with Gasteiger partial charge in [0.15, 0.2) is 5.66 Å². The average Bonchev–Trinajstić information content (AvgIpc) is 2.52. The molecule has 0 aromatic carbocycles. The van der Waals surface area contributed by atoms with Crippen LogP contribution in [0.2, 0.25) is 0 Å². The Hall–Kier alpha value is 0.370. The van der Waals surface area contributed by atoms with Crippen LogP contribution in [0.25, 0.3) is 0 Å². The number of unbranched alkanes of at least 4 members (excludes halogenated alkanes) is 10. The summed E-state index contributed by atoms with van der Waals surface area (Å²) in [5.41, 5.74) is -0.948. The van der Waals surface area contributed by atoms with Gasteiger partial charge >= 0.3 is 43.2 Å². The Morgan fingerprint density at radius 2 is 1.25 bits per heavy atom. The zero-order valence-corrected chi connectivity index (χ0v) is 16.0. The third-order valence-electron chi connectivity index (χ3n) is 4.10. The van der Waals surface area contributed by atoms with E-state index in [2.05, 4.69) is 13.8 Å². The van der Waals surface area contributed by atoms with E-state index < -0.39 is 19.3 Å². The van der Waals surface area contributed by atoms with Crippen molar-refractivity contribution in [3.63, 3.8) is 0 Å². The fourth-order valence-electron chi connectivity index (χ4n) is 2.58. The van der Waals surface area contributed by atoms with Gasteiger partial charge in [-0.25, -0.2) is 9.13 Å². The number of hydrogen-bond acceptors (Lipinski definition) is 4. The Bertz CT molecular complexity index is 351. The number of rotatable bonds is 16. The summed E-state index contributed by atoms with van der Waals surface area (Å²) in [6, 6.07) is 0. The molecule has 0 saturated heterocycles. The van der Waals surface area contributed by atoms with E-state index in [9.17, 15) is 13.9 Å². The molecule has 0 rings (SSSR count). The van der Waals surface area contributed by atoms with E-state index in [4.69, 9.17) is 4.74 Å². The zero-order chi connectivity index (χ0) is 17.3. The molecular formula is C18H36NaO4P. The van der Waals surface area contributed by atoms with Crippen LogP contribution in [0.4, 0.5) is 0 Å². The topological polar surface area (TPSA) is 60.4 Å². The normalized spacial score (nSPS) is 11.6. The van der Waals surface area contributed by atoms with E-state index in [0.717, 1.165) is 44.9 Å². The van der Waals surface area contributed by atoms with Gasteiger partial charge in [0.05, 0.1) is 6.61 Å². The van der Waals surface area contributed by atoms with Crippen molar-refractivity contribution >= 4 is 43.2 Å². The molecule has 0 amide bonds. The van der Waals surface area contributed by atoms with E-state index in [1.165, 1.54) is 32.1 Å². The first-order valence-electron chi connectivity index (χ1n) is 9.43. The fraction of sp³-hybridized carbons (Fsp3) is 0.944. The van der Waals surface area contributed by atoms with E-state index >= 15 is 0 Å². The summed E-state index contributed by atoms with van der Waals surface area (Å²) in [5.74, 6) is -0.555. The second kappa shape index (κ2) is 19.7. The van der Waals surface area contributed by atoms with Gasteiger partial charge in [-0.1, -0.05) is 84.5 Å². The van der Waals surface area contributed by atoms with Crippen LogP contribution in [-0.4, -0.2) is 47.8 Å². The third kappa shape index (κ3) is 15.9. The van der Waals surface area contributed by atoms with Gasteiger partial charge in [0.25, 0.3) is 0 Å². The van der Waals surface area contributed by atoms with E-state index in [1.807, 2.05) is 0 Å². The van der Waals surface area contributed by atoms with Crippen LogP contribution in [0, 0.1) is 0 Å². The van der Waals surface area contributed by atoms with Gasteiger partial charge in [0, 0.05) is 0 Å². The third-order valence-corrected chi connectivity index (χ3v) is 5.08. The van der Waals surface area contributed by atoms with Gasteiger partial charge in [-0.05, 0) is 12.8 Å². The average molecular weight is 370 g/mol. The molecule has 0 N–H and O–H groups in total. The summed E-state index contributed by atoms with van der Waals surface area (Å²) in [6.07, 6.45) is 13.8. The predicted octanol–water partition coefficient (Wildman–Crippen LogP) is 5.53. The monoisotopic (exact) mass is 370 g/mol. The van der Waals surface area contributed by atoms with Crippen molar-refractivity contribution in [1.82, 2.24) is 0 Å². The minimum atomic E-state index is -2.73. The molecule has 24 heavy (non-hydrogen) atoms. The van der Waals surface area contributed by atoms with Crippen LogP contribution < -0.4 is 0 Å². The molecule has 0 heterocycles. The molecule has 6 heteroatoms. The predicted molar refractivity (Wildman–Crippen MR) is 102 cm³/mol. The first-order chi connectivity index (χ1) is 11.1. The molecule has 0 spiro atoms. The van der Waals surface area contributed by atoms with Crippen molar-refractivity contribution in [3.05, 3.63) is 0 Å². The molecule has 0 fully saturated rings. The van der Waals surface area contributed by atoms with Crippen molar-refractivity contribution in [3.8, 4) is 0 Å². The second-order valence-corrected chi connectivity index (χ2v) is 7.49. The van der Waals surface area contributed by atoms with Crippen LogP contribution in [-0.2, 0) is 18.7 Å². The molecule has 0 aromatic rings. The van der Waals surface area contributed by atoms with Crippen molar-refractivity contribution < 1.29 is 18.7 Å². The minimum absolute atomic E-state index is 0. The molecule has 0 aromatic heterocycles. The summed E-state index contributed by atoms with van der Waals surface area (Å²) in [6.45, 7) is 4.66. The zero-order valence-electron chi connectivity index (χ0n) is 15.1. The van der Waals surface area contributed by atoms with Gasteiger partial charge in [-0.3, -0.25) is 4.79 Å². The van der Waals surface area contributed by atoms with Gasteiger partial charge in [-0.2, -0.15) is 0 Å². The van der Waals surface area contributed by atoms with Crippen molar-refractivity contribution in [2.75, 3.05) is 6.61 Å². The number of esters is 1. The SMILES string of the molecule is CCCCCCCCCCOC(=O)C(CCCCCC)P(=O)=O.[NaH]. The van der Waals surface area contributed by atoms with Crippen molar-refractivity contribution in [2.24, 2.45) is 0 Å². The summed E-state index contributed by atoms with van der Waals surface area (Å²) in [5, 5.41) is 0. The molecule has 0 aliphatic rings. The van der Waals surface area contributed by atoms with Crippen LogP contribution in [0.1, 0.15) is 97.3 Å². The molecule has 0 bridgehead atoms. The van der Waals surface area contributed by atoms with Gasteiger partial charge in [0.1, 0.15) is 0 Å². The van der Waals surface area contributed by atoms with Gasteiger partial charge in [0.2, 0.25) is 0 Å². The molecule has 1 unspecified atom stereocenters. The Balaban J connectivity index is 0. The Morgan fingerprint density at radius 3 is 1.75 bits per heavy atom. The van der Waals surface area contributed by atoms with Crippen LogP contribution >= 0.6 is 7.68 Å². The molecule has 1 atom stereocenters. The van der Waals surface area contributed by atoms with E-state index in [-0.39, 0.29) is 29.6 Å². The molecule has 0 saturated carbocycles. The number of hydrogen-bond donors (Lipinski definition) is 0. The summed E-state index contributed by atoms with van der Waals surface area (Å²) in [4.78, 5) is 11.8. The van der Waals surface area contributed by atoms with Gasteiger partial charge in [-0.15, -0.1) is 0 Å². The number of carbonyl (C=O) groups is 1. The Morgan fingerprint density at radius 1 is 0.792 bits per heavy atom. The summed E-state index contributed by atoms with van der Waals surface area (Å²) >= 11 is 0. The van der Waals surface area contributed by atoms with E-state index in [1.54, 1.807) is 0 Å². The van der Waals surface area contributed by atoms with Crippen LogP contribution in [0.3, 0.4) is 0 Å². The standard InChI is InChI=1S/C18H35O4P.Na.H/c1-3-5-7-9-10-11-12-14-16-22-18(19)17(23(20)21)15-13-8-6-4-2;;/h17H,3-16H2,1-2H3;;. The van der Waals surface area contributed by atoms with Crippen LogP contribution in [0.5, 0.6) is 0 Å². The first kappa shape index (κ1) is 26.6. The molecule has 0 radical (unpaired) electrons. The fourth-order valence-corrected chi connectivity index (χ4v) is 3.22. The number of ether oxygens (including phenoxy) is 1. The van der Waals surface area contributed by atoms with Crippen molar-refractivity contribution in [1.29, 1.82) is 0 Å². The Kier molecular flexibility index (Phi) is 21.8. The molecular weight excluding hydrogens is 334 g/mol.